The van der Waals surface area contributed by atoms with Gasteiger partial charge in [0.2, 0.25) is 0 Å². The van der Waals surface area contributed by atoms with E-state index in [1.54, 1.807) is 24.3 Å². The van der Waals surface area contributed by atoms with Crippen LogP contribution in [0.15, 0.2) is 84.9 Å². The zero-order valence-electron chi connectivity index (χ0n) is 11.8. The Morgan fingerprint density at radius 2 is 1.23 bits per heavy atom. The summed E-state index contributed by atoms with van der Waals surface area (Å²) in [6.07, 6.45) is 0. The third-order valence-electron chi connectivity index (χ3n) is 2.98. The van der Waals surface area contributed by atoms with Crippen LogP contribution in [0.4, 0.5) is 0 Å². The van der Waals surface area contributed by atoms with Gasteiger partial charge in [-0.05, 0) is 39.2 Å². The van der Waals surface area contributed by atoms with E-state index in [0.717, 1.165) is 9.34 Å². The molecule has 0 spiro atoms. The van der Waals surface area contributed by atoms with Crippen LogP contribution in [0.1, 0.15) is 5.56 Å². The fourth-order valence-corrected chi connectivity index (χ4v) is 2.48. The monoisotopic (exact) mass is 370 g/mol. The molecule has 0 radical (unpaired) electrons. The molecular weight excluding hydrogens is 356 g/mol. The fourth-order valence-electron chi connectivity index (χ4n) is 1.95. The van der Waals surface area contributed by atoms with Crippen molar-refractivity contribution in [2.45, 2.75) is 0 Å². The second kappa shape index (κ2) is 8.47. The molecule has 0 aliphatic carbocycles. The number of rotatable bonds is 2. The van der Waals surface area contributed by atoms with Gasteiger partial charge in [0.1, 0.15) is 5.75 Å². The maximum absolute atomic E-state index is 8.63. The molecule has 3 aromatic rings. The van der Waals surface area contributed by atoms with Crippen LogP contribution in [0, 0.1) is 0 Å². The molecule has 0 saturated heterocycles. The summed E-state index contributed by atoms with van der Waals surface area (Å²) in [7, 11) is 0. The van der Waals surface area contributed by atoms with Gasteiger partial charge in [-0.2, -0.15) is 0 Å². The lowest BCUT2D eigenvalue weighted by Crippen LogP contribution is -1.90. The van der Waals surface area contributed by atoms with Crippen LogP contribution in [0.3, 0.4) is 0 Å². The molecule has 0 heterocycles. The molecule has 1 N–H and O–H groups in total. The molecular formula is C19H15BrOS. The van der Waals surface area contributed by atoms with Gasteiger partial charge in [0.05, 0.1) is 3.77 Å². The number of phenolic OH excluding ortho intramolecular Hbond substituents is 1. The average molecular weight is 371 g/mol. The van der Waals surface area contributed by atoms with Crippen LogP contribution >= 0.6 is 28.1 Å². The number of phenols is 1. The van der Waals surface area contributed by atoms with Crippen LogP contribution in [-0.4, -0.2) is 8.88 Å². The Hall–Kier alpha value is -1.97. The van der Waals surface area contributed by atoms with E-state index in [1.165, 1.54) is 11.1 Å². The van der Waals surface area contributed by atoms with Gasteiger partial charge in [0.25, 0.3) is 0 Å². The second-order valence-electron chi connectivity index (χ2n) is 4.52. The van der Waals surface area contributed by atoms with E-state index in [9.17, 15) is 0 Å². The van der Waals surface area contributed by atoms with Crippen molar-refractivity contribution in [2.24, 2.45) is 0 Å². The number of benzene rings is 3. The van der Waals surface area contributed by atoms with Crippen molar-refractivity contribution >= 4 is 31.9 Å². The van der Waals surface area contributed by atoms with Crippen molar-refractivity contribution in [3.8, 4) is 16.9 Å². The highest BCUT2D eigenvalue weighted by Crippen LogP contribution is 2.25. The van der Waals surface area contributed by atoms with Crippen LogP contribution in [-0.2, 0) is 0 Å². The molecule has 0 amide bonds. The third kappa shape index (κ3) is 4.79. The normalized spacial score (nSPS) is 9.50. The smallest absolute Gasteiger partial charge is 0.115 e. The van der Waals surface area contributed by atoms with Gasteiger partial charge in [0.15, 0.2) is 0 Å². The minimum atomic E-state index is 0.322. The van der Waals surface area contributed by atoms with E-state index in [4.69, 9.17) is 17.3 Å². The van der Waals surface area contributed by atoms with Crippen molar-refractivity contribution in [3.63, 3.8) is 0 Å². The maximum atomic E-state index is 8.63. The quantitative estimate of drug-likeness (QED) is 0.453. The Kier molecular flexibility index (Phi) is 6.31. The Balaban J connectivity index is 0.000000211. The number of thiocarbonyl (C=S) groups is 1. The summed E-state index contributed by atoms with van der Waals surface area (Å²) >= 11 is 8.53. The Labute approximate surface area is 144 Å². The largest absolute Gasteiger partial charge is 0.508 e. The standard InChI is InChI=1S/C13H9BrS.C6H6O/c14-13(15)12-9-5-4-8-11(12)10-6-2-1-3-7-10;7-6-4-2-1-3-5-6/h1-9H;1-5,7H. The number of halogens is 1. The molecule has 0 aromatic heterocycles. The summed E-state index contributed by atoms with van der Waals surface area (Å²) in [5, 5.41) is 8.63. The van der Waals surface area contributed by atoms with Crippen molar-refractivity contribution in [3.05, 3.63) is 90.5 Å². The molecule has 22 heavy (non-hydrogen) atoms. The van der Waals surface area contributed by atoms with E-state index in [-0.39, 0.29) is 0 Å². The number of hydrogen-bond acceptors (Lipinski definition) is 2. The van der Waals surface area contributed by atoms with E-state index >= 15 is 0 Å². The number of hydrogen-bond donors (Lipinski definition) is 1. The summed E-state index contributed by atoms with van der Waals surface area (Å²) in [4.78, 5) is 0. The lowest BCUT2D eigenvalue weighted by atomic mass is 10.0. The van der Waals surface area contributed by atoms with Crippen LogP contribution in [0.25, 0.3) is 11.1 Å². The zero-order chi connectivity index (χ0) is 15.8. The van der Waals surface area contributed by atoms with Crippen molar-refractivity contribution in [1.82, 2.24) is 0 Å². The Morgan fingerprint density at radius 3 is 1.73 bits per heavy atom. The van der Waals surface area contributed by atoms with Crippen LogP contribution in [0.5, 0.6) is 5.75 Å². The zero-order valence-corrected chi connectivity index (χ0v) is 14.2. The molecule has 3 heteroatoms. The number of para-hydroxylation sites is 1. The highest BCUT2D eigenvalue weighted by atomic mass is 79.9. The second-order valence-corrected chi connectivity index (χ2v) is 6.25. The lowest BCUT2D eigenvalue weighted by Gasteiger charge is -2.06. The molecule has 0 aliphatic rings. The van der Waals surface area contributed by atoms with Gasteiger partial charge in [-0.25, -0.2) is 0 Å². The Bertz CT molecular complexity index is 727. The maximum Gasteiger partial charge on any atom is 0.115 e. The molecule has 0 atom stereocenters. The van der Waals surface area contributed by atoms with E-state index in [2.05, 4.69) is 34.1 Å². The SMILES string of the molecule is Oc1ccccc1.S=C(Br)c1ccccc1-c1ccccc1. The van der Waals surface area contributed by atoms with E-state index in [1.807, 2.05) is 42.5 Å². The van der Waals surface area contributed by atoms with Crippen molar-refractivity contribution in [2.75, 3.05) is 0 Å². The molecule has 0 bridgehead atoms. The summed E-state index contributed by atoms with van der Waals surface area (Å²) in [6, 6.07) is 27.1. The summed E-state index contributed by atoms with van der Waals surface area (Å²) < 4.78 is 0.752. The molecule has 0 saturated carbocycles. The first-order chi connectivity index (χ1) is 10.7. The van der Waals surface area contributed by atoms with Crippen LogP contribution in [0.2, 0.25) is 0 Å². The predicted molar refractivity (Wildman–Crippen MR) is 101 cm³/mol. The molecule has 0 unspecified atom stereocenters. The summed E-state index contributed by atoms with van der Waals surface area (Å²) in [5.74, 6) is 0.322. The molecule has 3 aromatic carbocycles. The highest BCUT2D eigenvalue weighted by Gasteiger charge is 2.05. The van der Waals surface area contributed by atoms with Gasteiger partial charge in [-0.3, -0.25) is 0 Å². The molecule has 1 nitrogen and oxygen atoms in total. The van der Waals surface area contributed by atoms with Gasteiger partial charge < -0.3 is 5.11 Å². The summed E-state index contributed by atoms with van der Waals surface area (Å²) in [6.45, 7) is 0. The molecule has 110 valence electrons. The molecule has 0 aliphatic heterocycles. The summed E-state index contributed by atoms with van der Waals surface area (Å²) in [5.41, 5.74) is 3.42. The first-order valence-corrected chi connectivity index (χ1v) is 7.97. The minimum Gasteiger partial charge on any atom is -0.508 e. The van der Waals surface area contributed by atoms with Gasteiger partial charge in [-0.15, -0.1) is 0 Å². The topological polar surface area (TPSA) is 20.2 Å². The van der Waals surface area contributed by atoms with Gasteiger partial charge >= 0.3 is 0 Å². The van der Waals surface area contributed by atoms with Gasteiger partial charge in [-0.1, -0.05) is 85.0 Å². The van der Waals surface area contributed by atoms with E-state index in [0.29, 0.717) is 5.75 Å². The Morgan fingerprint density at radius 1 is 0.727 bits per heavy atom. The minimum absolute atomic E-state index is 0.322. The van der Waals surface area contributed by atoms with Crippen molar-refractivity contribution in [1.29, 1.82) is 0 Å². The first kappa shape index (κ1) is 16.4. The van der Waals surface area contributed by atoms with Gasteiger partial charge in [0, 0.05) is 5.56 Å². The third-order valence-corrected chi connectivity index (χ3v) is 3.63. The predicted octanol–water partition coefficient (Wildman–Crippen LogP) is 5.82. The highest BCUT2D eigenvalue weighted by molar-refractivity contribution is 9.20. The lowest BCUT2D eigenvalue weighted by molar-refractivity contribution is 0.475. The number of aromatic hydroxyl groups is 1. The van der Waals surface area contributed by atoms with Crippen LogP contribution < -0.4 is 0 Å². The van der Waals surface area contributed by atoms with Crippen molar-refractivity contribution < 1.29 is 5.11 Å². The molecule has 0 fully saturated rings. The fraction of sp³-hybridized carbons (Fsp3) is 0. The first-order valence-electron chi connectivity index (χ1n) is 6.77. The molecule has 3 rings (SSSR count). The average Bonchev–Trinajstić information content (AvgIpc) is 2.57. The van der Waals surface area contributed by atoms with E-state index < -0.39 is 0 Å².